The van der Waals surface area contributed by atoms with Gasteiger partial charge in [0.05, 0.1) is 5.69 Å². The van der Waals surface area contributed by atoms with Crippen LogP contribution in [0.5, 0.6) is 0 Å². The lowest BCUT2D eigenvalue weighted by molar-refractivity contribution is 0.622. The summed E-state index contributed by atoms with van der Waals surface area (Å²) in [5, 5.41) is 9.67. The van der Waals surface area contributed by atoms with Gasteiger partial charge in [0, 0.05) is 18.3 Å². The zero-order chi connectivity index (χ0) is 13.0. The van der Waals surface area contributed by atoms with E-state index in [1.54, 1.807) is 6.07 Å². The highest BCUT2D eigenvalue weighted by Gasteiger charge is 2.20. The first-order valence-electron chi connectivity index (χ1n) is 6.22. The second-order valence-electron chi connectivity index (χ2n) is 4.55. The van der Waals surface area contributed by atoms with Crippen molar-refractivity contribution in [2.24, 2.45) is 0 Å². The van der Waals surface area contributed by atoms with Crippen molar-refractivity contribution in [3.8, 4) is 6.07 Å². The summed E-state index contributed by atoms with van der Waals surface area (Å²) < 4.78 is 13.6. The summed E-state index contributed by atoms with van der Waals surface area (Å²) in [5.41, 5.74) is 0.928. The number of nitriles is 1. The molecule has 1 aromatic carbocycles. The van der Waals surface area contributed by atoms with Gasteiger partial charge < -0.3 is 4.90 Å². The van der Waals surface area contributed by atoms with E-state index in [0.29, 0.717) is 5.25 Å². The van der Waals surface area contributed by atoms with E-state index in [2.05, 4.69) is 11.2 Å². The average Bonchev–Trinajstić information content (AvgIpc) is 2.63. The van der Waals surface area contributed by atoms with Gasteiger partial charge in [-0.3, -0.25) is 0 Å². The van der Waals surface area contributed by atoms with Crippen molar-refractivity contribution in [2.45, 2.75) is 24.5 Å². The molecule has 0 N–H and O–H groups in total. The monoisotopic (exact) mass is 264 g/mol. The minimum absolute atomic E-state index is 0.180. The van der Waals surface area contributed by atoms with E-state index in [1.165, 1.54) is 18.9 Å². The minimum atomic E-state index is -0.417. The molecule has 1 aliphatic rings. The molecule has 1 aromatic rings. The smallest absolute Gasteiger partial charge is 0.143 e. The molecule has 1 saturated heterocycles. The molecule has 4 heteroatoms. The molecule has 0 aliphatic carbocycles. The fourth-order valence-electron chi connectivity index (χ4n) is 2.40. The van der Waals surface area contributed by atoms with Crippen molar-refractivity contribution in [3.63, 3.8) is 0 Å². The lowest BCUT2D eigenvalue weighted by Crippen LogP contribution is -2.30. The van der Waals surface area contributed by atoms with Gasteiger partial charge in [0.25, 0.3) is 0 Å². The summed E-state index contributed by atoms with van der Waals surface area (Å²) in [5.74, 6) is -0.417. The number of nitrogens with zero attached hydrogens (tertiary/aromatic N) is 2. The molecular formula is C14H17FN2S. The van der Waals surface area contributed by atoms with Gasteiger partial charge in [-0.25, -0.2) is 4.39 Å². The van der Waals surface area contributed by atoms with Crippen LogP contribution in [-0.2, 0) is 0 Å². The van der Waals surface area contributed by atoms with Crippen LogP contribution in [0.4, 0.5) is 10.1 Å². The molecule has 2 nitrogen and oxygen atoms in total. The van der Waals surface area contributed by atoms with Crippen LogP contribution in [0.3, 0.4) is 0 Å². The maximum Gasteiger partial charge on any atom is 0.143 e. The maximum absolute atomic E-state index is 13.6. The Balaban J connectivity index is 2.30. The average molecular weight is 264 g/mol. The van der Waals surface area contributed by atoms with Gasteiger partial charge >= 0.3 is 0 Å². The van der Waals surface area contributed by atoms with E-state index in [1.807, 2.05) is 23.9 Å². The largest absolute Gasteiger partial charge is 0.369 e. The van der Waals surface area contributed by atoms with Gasteiger partial charge in [0.15, 0.2) is 0 Å². The summed E-state index contributed by atoms with van der Waals surface area (Å²) in [7, 11) is 0. The van der Waals surface area contributed by atoms with Gasteiger partial charge in [-0.15, -0.1) is 0 Å². The van der Waals surface area contributed by atoms with Gasteiger partial charge in [-0.05, 0) is 31.2 Å². The van der Waals surface area contributed by atoms with E-state index < -0.39 is 5.82 Å². The van der Waals surface area contributed by atoms with Gasteiger partial charge in [0.2, 0.25) is 0 Å². The zero-order valence-corrected chi connectivity index (χ0v) is 11.3. The Morgan fingerprint density at radius 3 is 3.00 bits per heavy atom. The van der Waals surface area contributed by atoms with Crippen molar-refractivity contribution >= 4 is 17.4 Å². The first-order chi connectivity index (χ1) is 8.76. The van der Waals surface area contributed by atoms with Crippen molar-refractivity contribution < 1.29 is 4.39 Å². The molecule has 2 rings (SSSR count). The number of halogens is 1. The minimum Gasteiger partial charge on any atom is -0.369 e. The fourth-order valence-corrected chi connectivity index (χ4v) is 3.13. The Morgan fingerprint density at radius 1 is 1.44 bits per heavy atom. The quantitative estimate of drug-likeness (QED) is 0.819. The zero-order valence-electron chi connectivity index (χ0n) is 10.5. The van der Waals surface area contributed by atoms with E-state index in [0.717, 1.165) is 25.2 Å². The van der Waals surface area contributed by atoms with Crippen LogP contribution in [0.25, 0.3) is 0 Å². The van der Waals surface area contributed by atoms with E-state index in [9.17, 15) is 4.39 Å². The molecule has 0 aromatic heterocycles. The Labute approximate surface area is 112 Å². The van der Waals surface area contributed by atoms with E-state index in [4.69, 9.17) is 5.26 Å². The van der Waals surface area contributed by atoms with Crippen LogP contribution >= 0.6 is 11.8 Å². The molecule has 18 heavy (non-hydrogen) atoms. The Hall–Kier alpha value is -1.21. The third-order valence-electron chi connectivity index (χ3n) is 3.41. The van der Waals surface area contributed by atoms with Gasteiger partial charge in [0.1, 0.15) is 17.4 Å². The Morgan fingerprint density at radius 2 is 2.28 bits per heavy atom. The summed E-state index contributed by atoms with van der Waals surface area (Å²) in [6.45, 7) is 1.81. The molecule has 1 heterocycles. The first kappa shape index (κ1) is 13.2. The third-order valence-corrected chi connectivity index (χ3v) is 4.46. The number of hydrogen-bond donors (Lipinski definition) is 0. The first-order valence-corrected chi connectivity index (χ1v) is 7.51. The maximum atomic E-state index is 13.6. The highest BCUT2D eigenvalue weighted by molar-refractivity contribution is 7.99. The number of anilines is 1. The van der Waals surface area contributed by atoms with Crippen LogP contribution in [0.15, 0.2) is 18.2 Å². The normalized spacial score (nSPS) is 20.3. The predicted molar refractivity (Wildman–Crippen MR) is 74.5 cm³/mol. The molecule has 1 aliphatic heterocycles. The molecule has 96 valence electrons. The SMILES string of the molecule is CSC1CCCCN(c2cccc(F)c2C#N)C1. The third kappa shape index (κ3) is 2.78. The molecule has 0 bridgehead atoms. The van der Waals surface area contributed by atoms with Crippen LogP contribution < -0.4 is 4.90 Å². The van der Waals surface area contributed by atoms with Crippen LogP contribution in [0.1, 0.15) is 24.8 Å². The second-order valence-corrected chi connectivity index (χ2v) is 5.68. The van der Waals surface area contributed by atoms with Crippen LogP contribution in [-0.4, -0.2) is 24.6 Å². The van der Waals surface area contributed by atoms with Crippen LogP contribution in [0.2, 0.25) is 0 Å². The summed E-state index contributed by atoms with van der Waals surface area (Å²) >= 11 is 1.86. The summed E-state index contributed by atoms with van der Waals surface area (Å²) in [4.78, 5) is 2.16. The molecular weight excluding hydrogens is 247 g/mol. The predicted octanol–water partition coefficient (Wildman–Crippen LogP) is 3.42. The highest BCUT2D eigenvalue weighted by Crippen LogP contribution is 2.28. The second kappa shape index (κ2) is 6.10. The van der Waals surface area contributed by atoms with E-state index in [-0.39, 0.29) is 5.56 Å². The number of benzene rings is 1. The number of rotatable bonds is 2. The summed E-state index contributed by atoms with van der Waals surface area (Å²) in [6, 6.07) is 6.88. The molecule has 1 unspecified atom stereocenters. The van der Waals surface area contributed by atoms with Crippen molar-refractivity contribution in [1.82, 2.24) is 0 Å². The lowest BCUT2D eigenvalue weighted by atomic mass is 10.1. The Kier molecular flexibility index (Phi) is 4.48. The molecule has 1 fully saturated rings. The Bertz CT molecular complexity index is 456. The molecule has 1 atom stereocenters. The molecule has 0 spiro atoms. The molecule has 0 saturated carbocycles. The number of hydrogen-bond acceptors (Lipinski definition) is 3. The van der Waals surface area contributed by atoms with Crippen LogP contribution in [0, 0.1) is 17.1 Å². The highest BCUT2D eigenvalue weighted by atomic mass is 32.2. The molecule has 0 amide bonds. The van der Waals surface area contributed by atoms with E-state index >= 15 is 0 Å². The lowest BCUT2D eigenvalue weighted by Gasteiger charge is -2.26. The standard InChI is InChI=1S/C14H17FN2S/c1-18-11-5-2-3-8-17(10-11)14-7-4-6-13(15)12(14)9-16/h4,6-7,11H,2-3,5,8,10H2,1H3. The summed E-state index contributed by atoms with van der Waals surface area (Å²) in [6.07, 6.45) is 5.64. The van der Waals surface area contributed by atoms with Crippen molar-refractivity contribution in [2.75, 3.05) is 24.2 Å². The molecule has 0 radical (unpaired) electrons. The number of thioether (sulfide) groups is 1. The van der Waals surface area contributed by atoms with Crippen molar-refractivity contribution in [1.29, 1.82) is 5.26 Å². The van der Waals surface area contributed by atoms with Crippen molar-refractivity contribution in [3.05, 3.63) is 29.6 Å². The van der Waals surface area contributed by atoms with Gasteiger partial charge in [-0.1, -0.05) is 12.5 Å². The topological polar surface area (TPSA) is 27.0 Å². The fraction of sp³-hybridized carbons (Fsp3) is 0.500. The van der Waals surface area contributed by atoms with Gasteiger partial charge in [-0.2, -0.15) is 17.0 Å².